The smallest absolute Gasteiger partial charge is 0.233 e. The highest BCUT2D eigenvalue weighted by Gasteiger charge is 2.38. The molecule has 29 heavy (non-hydrogen) atoms. The summed E-state index contributed by atoms with van der Waals surface area (Å²) in [5.74, 6) is -1.10. The molecule has 156 valence electrons. The summed E-state index contributed by atoms with van der Waals surface area (Å²) in [6.45, 7) is 0. The van der Waals surface area contributed by atoms with Gasteiger partial charge in [-0.3, -0.25) is 4.79 Å². The molecule has 0 bridgehead atoms. The first kappa shape index (κ1) is 20.0. The van der Waals surface area contributed by atoms with Gasteiger partial charge in [-0.25, -0.2) is 17.2 Å². The first-order valence-electron chi connectivity index (χ1n) is 9.68. The molecule has 6 nitrogen and oxygen atoms in total. The van der Waals surface area contributed by atoms with E-state index in [0.29, 0.717) is 18.4 Å². The summed E-state index contributed by atoms with van der Waals surface area (Å²) in [6, 6.07) is 7.72. The second-order valence-electron chi connectivity index (χ2n) is 7.85. The number of amides is 1. The Hall–Kier alpha value is -2.29. The summed E-state index contributed by atoms with van der Waals surface area (Å²) in [7, 11) is -3.33. The van der Waals surface area contributed by atoms with Crippen LogP contribution in [-0.4, -0.2) is 37.1 Å². The first-order chi connectivity index (χ1) is 13.8. The summed E-state index contributed by atoms with van der Waals surface area (Å²) >= 11 is 0. The Morgan fingerprint density at radius 2 is 1.79 bits per heavy atom. The lowest BCUT2D eigenvalue weighted by molar-refractivity contribution is -0.118. The lowest BCUT2D eigenvalue weighted by Crippen LogP contribution is -2.23. The third-order valence-corrected chi connectivity index (χ3v) is 7.94. The van der Waals surface area contributed by atoms with E-state index < -0.39 is 28.1 Å². The number of benzene rings is 1. The Labute approximate surface area is 167 Å². The van der Waals surface area contributed by atoms with Gasteiger partial charge in [-0.05, 0) is 55.7 Å². The predicted octanol–water partition coefficient (Wildman–Crippen LogP) is 3.81. The largest absolute Gasteiger partial charge is 0.363 e. The number of nitrogens with one attached hydrogen (secondary N) is 1. The lowest BCUT2D eigenvalue weighted by Gasteiger charge is -2.20. The molecule has 0 saturated heterocycles. The summed E-state index contributed by atoms with van der Waals surface area (Å²) in [4.78, 5) is 13.1. The molecule has 4 atom stereocenters. The summed E-state index contributed by atoms with van der Waals surface area (Å²) in [5, 5.41) is 5.98. The Balaban J connectivity index is 1.56. The van der Waals surface area contributed by atoms with E-state index in [0.717, 1.165) is 0 Å². The number of anilines is 1. The van der Waals surface area contributed by atoms with Gasteiger partial charge in [0.25, 0.3) is 0 Å². The molecule has 2 saturated carbocycles. The Morgan fingerprint density at radius 1 is 1.14 bits per heavy atom. The normalized spacial score (nSPS) is 25.7. The maximum Gasteiger partial charge on any atom is 0.233 e. The predicted molar refractivity (Wildman–Crippen MR) is 102 cm³/mol. The fraction of sp³-hybridized carbons (Fsp3) is 0.500. The van der Waals surface area contributed by atoms with E-state index in [9.17, 15) is 22.0 Å². The van der Waals surface area contributed by atoms with Gasteiger partial charge < -0.3 is 9.84 Å². The highest BCUT2D eigenvalue weighted by Crippen LogP contribution is 2.39. The highest BCUT2D eigenvalue weighted by atomic mass is 32.2. The fourth-order valence-corrected chi connectivity index (χ4v) is 5.56. The van der Waals surface area contributed by atoms with Crippen LogP contribution in [0.15, 0.2) is 46.0 Å². The topological polar surface area (TPSA) is 89.3 Å². The van der Waals surface area contributed by atoms with Crippen molar-refractivity contribution < 1.29 is 26.5 Å². The van der Waals surface area contributed by atoms with Crippen LogP contribution in [0, 0.1) is 5.92 Å². The fourth-order valence-electron chi connectivity index (χ4n) is 3.90. The molecule has 9 heteroatoms. The van der Waals surface area contributed by atoms with E-state index in [1.807, 2.05) is 0 Å². The number of rotatable bonds is 7. The number of carbonyl (C=O) groups excluding carboxylic acids is 1. The molecule has 2 fully saturated rings. The van der Waals surface area contributed by atoms with Crippen molar-refractivity contribution in [2.24, 2.45) is 5.92 Å². The van der Waals surface area contributed by atoms with Crippen molar-refractivity contribution in [3.63, 3.8) is 0 Å². The molecule has 0 aliphatic heterocycles. The van der Waals surface area contributed by atoms with Crippen LogP contribution in [0.5, 0.6) is 0 Å². The molecule has 1 unspecified atom stereocenters. The maximum absolute atomic E-state index is 13.6. The molecule has 0 radical (unpaired) electrons. The number of hydrogen-bond donors (Lipinski definition) is 1. The van der Waals surface area contributed by atoms with Gasteiger partial charge in [-0.1, -0.05) is 17.3 Å². The van der Waals surface area contributed by atoms with Crippen LogP contribution in [0.2, 0.25) is 0 Å². The second kappa shape index (κ2) is 7.85. The molecular formula is C20H22F2N2O4S. The zero-order valence-corrected chi connectivity index (χ0v) is 16.4. The summed E-state index contributed by atoms with van der Waals surface area (Å²) in [5.41, 5.74) is 0.596. The van der Waals surface area contributed by atoms with Crippen molar-refractivity contribution in [2.75, 3.05) is 5.32 Å². The third kappa shape index (κ3) is 4.34. The van der Waals surface area contributed by atoms with Crippen LogP contribution in [0.4, 0.5) is 14.6 Å². The molecule has 4 rings (SSSR count). The van der Waals surface area contributed by atoms with E-state index in [2.05, 4.69) is 10.5 Å². The van der Waals surface area contributed by atoms with Crippen LogP contribution < -0.4 is 5.32 Å². The van der Waals surface area contributed by atoms with Crippen LogP contribution in [0.25, 0.3) is 0 Å². The van der Waals surface area contributed by atoms with E-state index >= 15 is 0 Å². The average Bonchev–Trinajstić information content (AvgIpc) is 3.36. The van der Waals surface area contributed by atoms with Gasteiger partial charge in [0, 0.05) is 6.07 Å². The number of aromatic nitrogens is 1. The molecular weight excluding hydrogens is 402 g/mol. The van der Waals surface area contributed by atoms with Crippen molar-refractivity contribution >= 4 is 21.6 Å². The second-order valence-corrected chi connectivity index (χ2v) is 10.1. The van der Waals surface area contributed by atoms with E-state index in [1.54, 1.807) is 12.1 Å². The monoisotopic (exact) mass is 424 g/mol. The van der Waals surface area contributed by atoms with Gasteiger partial charge in [0.15, 0.2) is 15.7 Å². The minimum atomic E-state index is -3.33. The minimum absolute atomic E-state index is 0.0725. The van der Waals surface area contributed by atoms with Crippen LogP contribution in [0.3, 0.4) is 0 Å². The number of carbonyl (C=O) groups is 1. The van der Waals surface area contributed by atoms with Crippen molar-refractivity contribution in [2.45, 2.75) is 60.5 Å². The van der Waals surface area contributed by atoms with Crippen molar-refractivity contribution in [1.29, 1.82) is 0 Å². The van der Waals surface area contributed by atoms with Gasteiger partial charge in [-0.2, -0.15) is 0 Å². The van der Waals surface area contributed by atoms with Gasteiger partial charge in [0.1, 0.15) is 18.6 Å². The molecule has 1 N–H and O–H groups in total. The number of nitrogens with zero attached hydrogens (tertiary/aromatic N) is 1. The van der Waals surface area contributed by atoms with E-state index in [4.69, 9.17) is 4.52 Å². The zero-order valence-electron chi connectivity index (χ0n) is 15.6. The standard InChI is InChI=1S/C20H22F2N2O4S/c21-17-10-12(11-18(17)22)9-16(20(25)23-19-7-8-28-24-19)13-1-3-14(4-2-13)29(26,27)15-5-6-15/h1-4,7-8,12,15-18H,5-6,9-11H2,(H,23,24,25)/t12?,16-,17-,18+/m1/s1. The highest BCUT2D eigenvalue weighted by molar-refractivity contribution is 7.92. The Kier molecular flexibility index (Phi) is 5.42. The van der Waals surface area contributed by atoms with Gasteiger partial charge in [0.05, 0.1) is 16.1 Å². The maximum atomic E-state index is 13.6. The van der Waals surface area contributed by atoms with Crippen LogP contribution in [-0.2, 0) is 14.6 Å². The Morgan fingerprint density at radius 3 is 2.34 bits per heavy atom. The van der Waals surface area contributed by atoms with Gasteiger partial charge in [0.2, 0.25) is 5.91 Å². The van der Waals surface area contributed by atoms with Gasteiger partial charge >= 0.3 is 0 Å². The Bertz CT molecular complexity index is 949. The minimum Gasteiger partial charge on any atom is -0.363 e. The van der Waals surface area contributed by atoms with Crippen molar-refractivity contribution in [3.8, 4) is 0 Å². The molecule has 1 aromatic heterocycles. The zero-order chi connectivity index (χ0) is 20.6. The molecule has 2 aromatic rings. The third-order valence-electron chi connectivity index (χ3n) is 5.66. The number of sulfone groups is 1. The summed E-state index contributed by atoms with van der Waals surface area (Å²) in [6.07, 6.45) is 0.0500. The number of alkyl halides is 2. The van der Waals surface area contributed by atoms with Crippen LogP contribution >= 0.6 is 0 Å². The summed E-state index contributed by atoms with van der Waals surface area (Å²) < 4.78 is 56.7. The van der Waals surface area contributed by atoms with E-state index in [-0.39, 0.29) is 47.1 Å². The average molecular weight is 424 g/mol. The lowest BCUT2D eigenvalue weighted by atomic mass is 9.87. The van der Waals surface area contributed by atoms with E-state index in [1.165, 1.54) is 24.5 Å². The molecule has 1 amide bonds. The SMILES string of the molecule is O=C(Nc1ccon1)[C@H](CC1C[C@@H](F)[C@@H](F)C1)c1ccc(S(=O)(=O)C2CC2)cc1. The van der Waals surface area contributed by atoms with Crippen molar-refractivity contribution in [3.05, 3.63) is 42.2 Å². The van der Waals surface area contributed by atoms with Crippen molar-refractivity contribution in [1.82, 2.24) is 5.16 Å². The van der Waals surface area contributed by atoms with Crippen LogP contribution in [0.1, 0.15) is 43.6 Å². The molecule has 0 spiro atoms. The number of halogens is 2. The number of hydrogen-bond acceptors (Lipinski definition) is 5. The first-order valence-corrected chi connectivity index (χ1v) is 11.2. The molecule has 1 aromatic carbocycles. The molecule has 1 heterocycles. The van der Waals surface area contributed by atoms with Gasteiger partial charge in [-0.15, -0.1) is 0 Å². The molecule has 2 aliphatic carbocycles. The quantitative estimate of drug-likeness (QED) is 0.730. The molecule has 2 aliphatic rings.